The van der Waals surface area contributed by atoms with Crippen molar-refractivity contribution in [3.8, 4) is 0 Å². The van der Waals surface area contributed by atoms with Crippen LogP contribution in [0, 0.1) is 0 Å². The Balaban J connectivity index is 2.98. The zero-order chi connectivity index (χ0) is 9.19. The Hall–Kier alpha value is -0.350. The van der Waals surface area contributed by atoms with Crippen LogP contribution >= 0.6 is 7.92 Å². The van der Waals surface area contributed by atoms with Crippen LogP contribution in [0.15, 0.2) is 30.3 Å². The van der Waals surface area contributed by atoms with Gasteiger partial charge in [0.2, 0.25) is 0 Å². The van der Waals surface area contributed by atoms with Crippen LogP contribution in [-0.4, -0.2) is 13.3 Å². The van der Waals surface area contributed by atoms with Gasteiger partial charge in [-0.2, -0.15) is 0 Å². The molecule has 0 unspecified atom stereocenters. The van der Waals surface area contributed by atoms with E-state index in [1.165, 1.54) is 5.56 Å². The van der Waals surface area contributed by atoms with Crippen molar-refractivity contribution in [1.29, 1.82) is 0 Å². The number of benzene rings is 1. The molecule has 1 aromatic carbocycles. The number of hydrogen-bond acceptors (Lipinski definition) is 0. The third-order valence-corrected chi connectivity index (χ3v) is 5.09. The van der Waals surface area contributed by atoms with Gasteiger partial charge in [0.05, 0.1) is 0 Å². The molecule has 0 atom stereocenters. The fourth-order valence-corrected chi connectivity index (χ4v) is 1.77. The molecule has 0 bridgehead atoms. The molecule has 0 aliphatic heterocycles. The molecule has 0 nitrogen and oxygen atoms in total. The predicted octanol–water partition coefficient (Wildman–Crippen LogP) is 3.66. The number of rotatable bonds is 2. The van der Waals surface area contributed by atoms with Gasteiger partial charge in [-0.3, -0.25) is 0 Å². The molecule has 0 amide bonds. The van der Waals surface area contributed by atoms with Crippen LogP contribution < -0.4 is 0 Å². The molecule has 1 aromatic rings. The summed E-state index contributed by atoms with van der Waals surface area (Å²) in [6.07, 6.45) is 0. The smallest absolute Gasteiger partial charge is 0.00931 e. The summed E-state index contributed by atoms with van der Waals surface area (Å²) in [4.78, 5) is 0. The van der Waals surface area contributed by atoms with Crippen molar-refractivity contribution in [1.82, 2.24) is 0 Å². The molecule has 1 heteroatoms. The zero-order valence-corrected chi connectivity index (χ0v) is 9.23. The Morgan fingerprint density at radius 1 is 1.00 bits per heavy atom. The lowest BCUT2D eigenvalue weighted by Crippen LogP contribution is -2.13. The Morgan fingerprint density at radius 2 is 1.50 bits per heavy atom. The molecular formula is C11H17P. The highest BCUT2D eigenvalue weighted by atomic mass is 31.1. The van der Waals surface area contributed by atoms with Crippen LogP contribution in [-0.2, 0) is 5.16 Å². The topological polar surface area (TPSA) is 0 Å². The maximum atomic E-state index is 2.34. The van der Waals surface area contributed by atoms with Crippen LogP contribution in [0.5, 0.6) is 0 Å². The summed E-state index contributed by atoms with van der Waals surface area (Å²) in [5, 5.41) is 0.358. The van der Waals surface area contributed by atoms with Gasteiger partial charge in [-0.15, -0.1) is 7.92 Å². The molecule has 0 aromatic heterocycles. The summed E-state index contributed by atoms with van der Waals surface area (Å²) in [5.74, 6) is 0. The molecule has 0 heterocycles. The van der Waals surface area contributed by atoms with Gasteiger partial charge in [-0.05, 0) is 18.9 Å². The minimum Gasteiger partial charge on any atom is -0.103 e. The van der Waals surface area contributed by atoms with Gasteiger partial charge in [-0.1, -0.05) is 44.2 Å². The molecule has 0 saturated carbocycles. The lowest BCUT2D eigenvalue weighted by atomic mass is 10.0. The minimum atomic E-state index is 0.0800. The molecule has 12 heavy (non-hydrogen) atoms. The summed E-state index contributed by atoms with van der Waals surface area (Å²) in [5.41, 5.74) is 1.46. The van der Waals surface area contributed by atoms with Crippen molar-refractivity contribution in [2.75, 3.05) is 13.3 Å². The molecule has 1 rings (SSSR count). The van der Waals surface area contributed by atoms with Crippen molar-refractivity contribution < 1.29 is 0 Å². The van der Waals surface area contributed by atoms with Crippen molar-refractivity contribution in [2.45, 2.75) is 19.0 Å². The number of hydrogen-bond donors (Lipinski definition) is 0. The average molecular weight is 180 g/mol. The third kappa shape index (κ3) is 1.87. The van der Waals surface area contributed by atoms with Gasteiger partial charge in [0.25, 0.3) is 0 Å². The fraction of sp³-hybridized carbons (Fsp3) is 0.455. The quantitative estimate of drug-likeness (QED) is 0.609. The van der Waals surface area contributed by atoms with Crippen LogP contribution in [0.25, 0.3) is 0 Å². The standard InChI is InChI=1S/C11H17P/c1-11(2,12(3)4)10-8-6-5-7-9-10/h5-9H,1-4H3. The van der Waals surface area contributed by atoms with E-state index in [1.54, 1.807) is 0 Å². The Morgan fingerprint density at radius 3 is 1.92 bits per heavy atom. The van der Waals surface area contributed by atoms with E-state index in [0.29, 0.717) is 5.16 Å². The first kappa shape index (κ1) is 9.74. The lowest BCUT2D eigenvalue weighted by Gasteiger charge is -2.30. The highest BCUT2D eigenvalue weighted by Crippen LogP contribution is 2.49. The second-order valence-electron chi connectivity index (χ2n) is 3.82. The zero-order valence-electron chi connectivity index (χ0n) is 8.33. The van der Waals surface area contributed by atoms with E-state index in [9.17, 15) is 0 Å². The van der Waals surface area contributed by atoms with E-state index in [0.717, 1.165) is 0 Å². The summed E-state index contributed by atoms with van der Waals surface area (Å²) in [7, 11) is 0.0800. The lowest BCUT2D eigenvalue weighted by molar-refractivity contribution is 0.767. The van der Waals surface area contributed by atoms with Crippen LogP contribution in [0.2, 0.25) is 0 Å². The normalized spacial score (nSPS) is 12.1. The van der Waals surface area contributed by atoms with Gasteiger partial charge in [0.15, 0.2) is 0 Å². The molecule has 0 fully saturated rings. The van der Waals surface area contributed by atoms with Gasteiger partial charge in [-0.25, -0.2) is 0 Å². The second-order valence-corrected chi connectivity index (χ2v) is 6.73. The first-order valence-corrected chi connectivity index (χ1v) is 6.51. The molecule has 0 aliphatic rings. The molecule has 0 saturated heterocycles. The molecule has 0 radical (unpaired) electrons. The molecule has 0 N–H and O–H groups in total. The van der Waals surface area contributed by atoms with E-state index < -0.39 is 0 Å². The Labute approximate surface area is 76.8 Å². The van der Waals surface area contributed by atoms with Crippen molar-refractivity contribution >= 4 is 7.92 Å². The monoisotopic (exact) mass is 180 g/mol. The molecular weight excluding hydrogens is 163 g/mol. The summed E-state index contributed by atoms with van der Waals surface area (Å²) in [6, 6.07) is 10.8. The van der Waals surface area contributed by atoms with Gasteiger partial charge >= 0.3 is 0 Å². The summed E-state index contributed by atoms with van der Waals surface area (Å²) < 4.78 is 0. The van der Waals surface area contributed by atoms with Crippen molar-refractivity contribution in [2.24, 2.45) is 0 Å². The SMILES string of the molecule is CP(C)C(C)(C)c1ccccc1. The van der Waals surface area contributed by atoms with E-state index >= 15 is 0 Å². The highest BCUT2D eigenvalue weighted by molar-refractivity contribution is 7.57. The second kappa shape index (κ2) is 3.58. The largest absolute Gasteiger partial charge is 0.103 e. The maximum Gasteiger partial charge on any atom is 0.00931 e. The third-order valence-electron chi connectivity index (χ3n) is 2.60. The van der Waals surface area contributed by atoms with E-state index in [1.807, 2.05) is 0 Å². The highest BCUT2D eigenvalue weighted by Gasteiger charge is 2.23. The van der Waals surface area contributed by atoms with Crippen molar-refractivity contribution in [3.05, 3.63) is 35.9 Å². The van der Waals surface area contributed by atoms with Crippen LogP contribution in [0.3, 0.4) is 0 Å². The first-order valence-electron chi connectivity index (χ1n) is 4.28. The van der Waals surface area contributed by atoms with E-state index in [4.69, 9.17) is 0 Å². The van der Waals surface area contributed by atoms with Gasteiger partial charge in [0.1, 0.15) is 0 Å². The average Bonchev–Trinajstić information content (AvgIpc) is 2.06. The summed E-state index contributed by atoms with van der Waals surface area (Å²) >= 11 is 0. The van der Waals surface area contributed by atoms with E-state index in [-0.39, 0.29) is 7.92 Å². The van der Waals surface area contributed by atoms with Gasteiger partial charge in [0, 0.05) is 5.16 Å². The molecule has 0 aliphatic carbocycles. The van der Waals surface area contributed by atoms with E-state index in [2.05, 4.69) is 57.5 Å². The maximum absolute atomic E-state index is 2.34. The van der Waals surface area contributed by atoms with Gasteiger partial charge < -0.3 is 0 Å². The van der Waals surface area contributed by atoms with Crippen LogP contribution in [0.4, 0.5) is 0 Å². The molecule has 0 spiro atoms. The molecule has 66 valence electrons. The Bertz CT molecular complexity index is 236. The van der Waals surface area contributed by atoms with Crippen molar-refractivity contribution in [3.63, 3.8) is 0 Å². The predicted molar refractivity (Wildman–Crippen MR) is 58.2 cm³/mol. The fourth-order valence-electron chi connectivity index (χ4n) is 1.10. The minimum absolute atomic E-state index is 0.0800. The van der Waals surface area contributed by atoms with Crippen LogP contribution in [0.1, 0.15) is 19.4 Å². The first-order chi connectivity index (χ1) is 5.55. The Kier molecular flexibility index (Phi) is 2.90. The summed E-state index contributed by atoms with van der Waals surface area (Å²) in [6.45, 7) is 9.33.